The number of nitrogens with zero attached hydrogens (tertiary/aromatic N) is 3. The summed E-state index contributed by atoms with van der Waals surface area (Å²) in [4.78, 5) is 0. The Bertz CT molecular complexity index is 282. The second-order valence-electron chi connectivity index (χ2n) is 3.28. The van der Waals surface area contributed by atoms with Gasteiger partial charge in [-0.3, -0.25) is 0 Å². The normalized spacial score (nSPS) is 22.3. The summed E-state index contributed by atoms with van der Waals surface area (Å²) in [5, 5.41) is 17.1. The summed E-state index contributed by atoms with van der Waals surface area (Å²) in [6, 6.07) is 0. The van der Waals surface area contributed by atoms with Crippen LogP contribution >= 0.6 is 0 Å². The molecule has 1 aliphatic rings. The molecule has 1 aliphatic heterocycles. The zero-order valence-electron chi connectivity index (χ0n) is 7.19. The Morgan fingerprint density at radius 1 is 1.58 bits per heavy atom. The highest BCUT2D eigenvalue weighted by Gasteiger charge is 2.22. The van der Waals surface area contributed by atoms with E-state index in [1.54, 1.807) is 0 Å². The van der Waals surface area contributed by atoms with Crippen LogP contribution in [0.4, 0.5) is 0 Å². The summed E-state index contributed by atoms with van der Waals surface area (Å²) in [5.41, 5.74) is 0. The van der Waals surface area contributed by atoms with Crippen LogP contribution in [-0.2, 0) is 6.54 Å². The first-order chi connectivity index (χ1) is 5.83. The Morgan fingerprint density at radius 2 is 2.42 bits per heavy atom. The van der Waals surface area contributed by atoms with Gasteiger partial charge in [-0.2, -0.15) is 0 Å². The second-order valence-corrected chi connectivity index (χ2v) is 3.28. The van der Waals surface area contributed by atoms with Crippen molar-refractivity contribution in [3.05, 3.63) is 11.6 Å². The van der Waals surface area contributed by atoms with Crippen molar-refractivity contribution in [3.63, 3.8) is 0 Å². The molecule has 1 aromatic heterocycles. The van der Waals surface area contributed by atoms with E-state index >= 15 is 0 Å². The Morgan fingerprint density at radius 3 is 3.17 bits per heavy atom. The maximum Gasteiger partial charge on any atom is 0.138 e. The van der Waals surface area contributed by atoms with Crippen LogP contribution in [0.25, 0.3) is 0 Å². The van der Waals surface area contributed by atoms with Gasteiger partial charge < -0.3 is 9.67 Å². The van der Waals surface area contributed by atoms with Crippen LogP contribution in [0, 0.1) is 6.92 Å². The zero-order chi connectivity index (χ0) is 8.55. The predicted molar refractivity (Wildman–Crippen MR) is 43.8 cm³/mol. The summed E-state index contributed by atoms with van der Waals surface area (Å²) < 4.78 is 2.10. The van der Waals surface area contributed by atoms with Gasteiger partial charge in [0.1, 0.15) is 11.6 Å². The van der Waals surface area contributed by atoms with Gasteiger partial charge in [0, 0.05) is 12.5 Å². The molecule has 0 amide bonds. The molecule has 4 heteroatoms. The molecule has 0 radical (unpaired) electrons. The lowest BCUT2D eigenvalue weighted by Crippen LogP contribution is -2.19. The van der Waals surface area contributed by atoms with Gasteiger partial charge in [-0.1, -0.05) is 0 Å². The number of aryl methyl sites for hydroxylation is 1. The first-order valence-corrected chi connectivity index (χ1v) is 4.33. The van der Waals surface area contributed by atoms with Crippen molar-refractivity contribution < 1.29 is 5.11 Å². The molecule has 1 aromatic rings. The molecule has 0 saturated heterocycles. The van der Waals surface area contributed by atoms with Gasteiger partial charge in [0.2, 0.25) is 0 Å². The van der Waals surface area contributed by atoms with Crippen LogP contribution < -0.4 is 0 Å². The molecule has 66 valence electrons. The molecule has 0 saturated carbocycles. The highest BCUT2D eigenvalue weighted by molar-refractivity contribution is 5.03. The van der Waals surface area contributed by atoms with Crippen molar-refractivity contribution in [1.29, 1.82) is 0 Å². The van der Waals surface area contributed by atoms with E-state index in [2.05, 4.69) is 14.8 Å². The van der Waals surface area contributed by atoms with Crippen molar-refractivity contribution in [2.45, 2.75) is 32.2 Å². The van der Waals surface area contributed by atoms with Gasteiger partial charge in [-0.05, 0) is 19.8 Å². The number of rotatable bonds is 1. The van der Waals surface area contributed by atoms with E-state index in [0.29, 0.717) is 0 Å². The minimum Gasteiger partial charge on any atom is -0.396 e. The molecule has 0 aliphatic carbocycles. The molecule has 1 atom stereocenters. The van der Waals surface area contributed by atoms with Crippen molar-refractivity contribution in [2.24, 2.45) is 0 Å². The van der Waals surface area contributed by atoms with Crippen LogP contribution in [-0.4, -0.2) is 26.5 Å². The fourth-order valence-electron chi connectivity index (χ4n) is 1.77. The molecular weight excluding hydrogens is 154 g/mol. The largest absolute Gasteiger partial charge is 0.396 e. The average molecular weight is 167 g/mol. The van der Waals surface area contributed by atoms with Gasteiger partial charge in [0.25, 0.3) is 0 Å². The predicted octanol–water partition coefficient (Wildman–Crippen LogP) is 0.456. The van der Waals surface area contributed by atoms with Crippen LogP contribution in [0.15, 0.2) is 0 Å². The first-order valence-electron chi connectivity index (χ1n) is 4.33. The summed E-state index contributed by atoms with van der Waals surface area (Å²) in [5.74, 6) is 2.13. The Hall–Kier alpha value is -0.900. The van der Waals surface area contributed by atoms with Crippen LogP contribution in [0.3, 0.4) is 0 Å². The smallest absolute Gasteiger partial charge is 0.138 e. The number of aliphatic hydroxyl groups is 1. The Labute approximate surface area is 71.2 Å². The summed E-state index contributed by atoms with van der Waals surface area (Å²) in [6.45, 7) is 3.15. The van der Waals surface area contributed by atoms with Crippen LogP contribution in [0.2, 0.25) is 0 Å². The maximum atomic E-state index is 9.07. The Balaban J connectivity index is 2.38. The number of hydrogen-bond donors (Lipinski definition) is 1. The SMILES string of the molecule is Cc1nnc2n1CCCC2CO. The fourth-order valence-corrected chi connectivity index (χ4v) is 1.77. The van der Waals surface area contributed by atoms with Gasteiger partial charge in [0.15, 0.2) is 0 Å². The number of hydrogen-bond acceptors (Lipinski definition) is 3. The molecule has 4 nitrogen and oxygen atoms in total. The van der Waals surface area contributed by atoms with E-state index in [9.17, 15) is 0 Å². The third-order valence-corrected chi connectivity index (χ3v) is 2.48. The first kappa shape index (κ1) is 7.73. The number of aromatic nitrogens is 3. The fraction of sp³-hybridized carbons (Fsp3) is 0.750. The second kappa shape index (κ2) is 2.86. The minimum atomic E-state index is 0.193. The lowest BCUT2D eigenvalue weighted by molar-refractivity contribution is 0.237. The molecular formula is C8H13N3O. The molecule has 2 heterocycles. The van der Waals surface area contributed by atoms with Gasteiger partial charge in [-0.15, -0.1) is 10.2 Å². The van der Waals surface area contributed by atoms with Crippen molar-refractivity contribution in [1.82, 2.24) is 14.8 Å². The molecule has 1 unspecified atom stereocenters. The molecule has 0 bridgehead atoms. The van der Waals surface area contributed by atoms with Crippen molar-refractivity contribution >= 4 is 0 Å². The van der Waals surface area contributed by atoms with E-state index in [1.807, 2.05) is 6.92 Å². The molecule has 2 rings (SSSR count). The molecule has 0 aromatic carbocycles. The van der Waals surface area contributed by atoms with Crippen molar-refractivity contribution in [2.75, 3.05) is 6.61 Å². The van der Waals surface area contributed by atoms with Crippen LogP contribution in [0.1, 0.15) is 30.4 Å². The van der Waals surface area contributed by atoms with Crippen molar-refractivity contribution in [3.8, 4) is 0 Å². The monoisotopic (exact) mass is 167 g/mol. The van der Waals surface area contributed by atoms with E-state index in [-0.39, 0.29) is 12.5 Å². The van der Waals surface area contributed by atoms with E-state index < -0.39 is 0 Å². The molecule has 0 fully saturated rings. The number of fused-ring (bicyclic) bond motifs is 1. The lowest BCUT2D eigenvalue weighted by atomic mass is 10.00. The lowest BCUT2D eigenvalue weighted by Gasteiger charge is -2.21. The minimum absolute atomic E-state index is 0.193. The quantitative estimate of drug-likeness (QED) is 0.661. The summed E-state index contributed by atoms with van der Waals surface area (Å²) in [6.07, 6.45) is 2.16. The van der Waals surface area contributed by atoms with Gasteiger partial charge in [-0.25, -0.2) is 0 Å². The summed E-state index contributed by atoms with van der Waals surface area (Å²) in [7, 11) is 0. The Kier molecular flexibility index (Phi) is 1.84. The van der Waals surface area contributed by atoms with Crippen LogP contribution in [0.5, 0.6) is 0 Å². The summed E-state index contributed by atoms with van der Waals surface area (Å²) >= 11 is 0. The standard InChI is InChI=1S/C8H13N3O/c1-6-9-10-8-7(5-12)3-2-4-11(6)8/h7,12H,2-5H2,1H3. The topological polar surface area (TPSA) is 50.9 Å². The molecule has 12 heavy (non-hydrogen) atoms. The number of aliphatic hydroxyl groups excluding tert-OH is 1. The molecule has 0 spiro atoms. The highest BCUT2D eigenvalue weighted by atomic mass is 16.3. The maximum absolute atomic E-state index is 9.07. The van der Waals surface area contributed by atoms with E-state index in [4.69, 9.17) is 5.11 Å². The van der Waals surface area contributed by atoms with Gasteiger partial charge in [0.05, 0.1) is 6.61 Å². The van der Waals surface area contributed by atoms with Gasteiger partial charge >= 0.3 is 0 Å². The average Bonchev–Trinajstić information content (AvgIpc) is 2.48. The third-order valence-electron chi connectivity index (χ3n) is 2.48. The van der Waals surface area contributed by atoms with E-state index in [0.717, 1.165) is 31.0 Å². The highest BCUT2D eigenvalue weighted by Crippen LogP contribution is 2.25. The third kappa shape index (κ3) is 1.03. The zero-order valence-corrected chi connectivity index (χ0v) is 7.19. The van der Waals surface area contributed by atoms with E-state index in [1.165, 1.54) is 0 Å². The molecule has 1 N–H and O–H groups in total.